The van der Waals surface area contributed by atoms with E-state index in [0.29, 0.717) is 31.7 Å². The second-order valence-corrected chi connectivity index (χ2v) is 7.99. The number of carbonyl (C=O) groups is 2. The normalized spacial score (nSPS) is 21.8. The Hall–Kier alpha value is -2.89. The number of piperidine rings is 1. The van der Waals surface area contributed by atoms with Crippen molar-refractivity contribution in [1.82, 2.24) is 9.80 Å². The molecule has 1 atom stereocenters. The first kappa shape index (κ1) is 19.4. The summed E-state index contributed by atoms with van der Waals surface area (Å²) in [5, 5.41) is 0. The highest BCUT2D eigenvalue weighted by atomic mass is 16.3. The minimum atomic E-state index is -0.811. The molecule has 6 nitrogen and oxygen atoms in total. The smallest absolute Gasteiger partial charge is 0.290 e. The fraction of sp³-hybridized carbons (Fsp3) is 0.435. The van der Waals surface area contributed by atoms with Crippen LogP contribution in [0.2, 0.25) is 0 Å². The molecule has 0 saturated carbocycles. The van der Waals surface area contributed by atoms with E-state index in [-0.39, 0.29) is 23.0 Å². The van der Waals surface area contributed by atoms with Crippen LogP contribution in [0.1, 0.15) is 47.6 Å². The van der Waals surface area contributed by atoms with E-state index in [1.807, 2.05) is 23.1 Å². The molecule has 0 radical (unpaired) electrons. The van der Waals surface area contributed by atoms with Gasteiger partial charge in [0.25, 0.3) is 5.91 Å². The standard InChI is InChI=1S/C23H26N2O4/c1-17-15-19(26)16-20(29-17)21(27)25-13-6-11-23(25)10-5-12-24(22(23)28)14-9-18-7-3-2-4-8-18/h2-4,7-8,15-16H,5-6,9-14H2,1H3. The first-order valence-corrected chi connectivity index (χ1v) is 10.3. The van der Waals surface area contributed by atoms with Crippen LogP contribution in [-0.4, -0.2) is 46.8 Å². The van der Waals surface area contributed by atoms with Crippen molar-refractivity contribution in [2.45, 2.75) is 44.6 Å². The lowest BCUT2D eigenvalue weighted by Gasteiger charge is -2.44. The van der Waals surface area contributed by atoms with Gasteiger partial charge in [0, 0.05) is 31.8 Å². The zero-order valence-corrected chi connectivity index (χ0v) is 16.7. The molecule has 2 aliphatic rings. The van der Waals surface area contributed by atoms with Crippen LogP contribution in [0, 0.1) is 6.92 Å². The third kappa shape index (κ3) is 3.71. The number of amides is 2. The second-order valence-electron chi connectivity index (χ2n) is 7.99. The molecule has 1 unspecified atom stereocenters. The van der Waals surface area contributed by atoms with Crippen LogP contribution in [0.3, 0.4) is 0 Å². The number of likely N-dealkylation sites (tertiary alicyclic amines) is 2. The molecule has 1 aromatic heterocycles. The molecule has 2 saturated heterocycles. The van der Waals surface area contributed by atoms with Gasteiger partial charge in [-0.25, -0.2) is 0 Å². The molecule has 0 aliphatic carbocycles. The van der Waals surface area contributed by atoms with Gasteiger partial charge in [-0.15, -0.1) is 0 Å². The minimum absolute atomic E-state index is 0.0190. The van der Waals surface area contributed by atoms with E-state index in [0.717, 1.165) is 25.8 Å². The Bertz CT molecular complexity index is 968. The molecular weight excluding hydrogens is 368 g/mol. The van der Waals surface area contributed by atoms with E-state index in [9.17, 15) is 14.4 Å². The van der Waals surface area contributed by atoms with Gasteiger partial charge in [-0.3, -0.25) is 14.4 Å². The monoisotopic (exact) mass is 394 g/mol. The Morgan fingerprint density at radius 2 is 1.79 bits per heavy atom. The van der Waals surface area contributed by atoms with Gasteiger partial charge in [0.1, 0.15) is 11.3 Å². The molecule has 2 aliphatic heterocycles. The van der Waals surface area contributed by atoms with Gasteiger partial charge in [0.2, 0.25) is 5.91 Å². The number of aryl methyl sites for hydroxylation is 1. The summed E-state index contributed by atoms with van der Waals surface area (Å²) in [6.45, 7) is 3.52. The molecule has 2 fully saturated rings. The lowest BCUT2D eigenvalue weighted by molar-refractivity contribution is -0.145. The van der Waals surface area contributed by atoms with Crippen LogP contribution in [0.25, 0.3) is 0 Å². The Morgan fingerprint density at radius 3 is 2.52 bits per heavy atom. The first-order chi connectivity index (χ1) is 14.0. The van der Waals surface area contributed by atoms with Gasteiger partial charge in [0.05, 0.1) is 0 Å². The molecule has 2 amide bonds. The summed E-state index contributed by atoms with van der Waals surface area (Å²) in [4.78, 5) is 42.0. The van der Waals surface area contributed by atoms with Gasteiger partial charge in [-0.1, -0.05) is 30.3 Å². The number of rotatable bonds is 4. The summed E-state index contributed by atoms with van der Waals surface area (Å²) >= 11 is 0. The Kier molecular flexibility index (Phi) is 5.26. The van der Waals surface area contributed by atoms with Crippen LogP contribution < -0.4 is 5.43 Å². The predicted molar refractivity (Wildman–Crippen MR) is 109 cm³/mol. The molecule has 0 N–H and O–H groups in total. The lowest BCUT2D eigenvalue weighted by atomic mass is 9.85. The molecule has 1 aromatic carbocycles. The van der Waals surface area contributed by atoms with E-state index >= 15 is 0 Å². The molecule has 2 aromatic rings. The maximum atomic E-state index is 13.5. The molecule has 0 bridgehead atoms. The Balaban J connectivity index is 1.55. The van der Waals surface area contributed by atoms with E-state index in [2.05, 4.69) is 12.1 Å². The molecule has 29 heavy (non-hydrogen) atoms. The fourth-order valence-electron chi connectivity index (χ4n) is 4.69. The molecule has 152 valence electrons. The highest BCUT2D eigenvalue weighted by molar-refractivity contribution is 5.98. The van der Waals surface area contributed by atoms with Gasteiger partial charge in [0.15, 0.2) is 11.2 Å². The second kappa shape index (κ2) is 7.85. The van der Waals surface area contributed by atoms with Gasteiger partial charge in [-0.2, -0.15) is 0 Å². The van der Waals surface area contributed by atoms with Crippen molar-refractivity contribution in [1.29, 1.82) is 0 Å². The van der Waals surface area contributed by atoms with E-state index in [4.69, 9.17) is 4.42 Å². The van der Waals surface area contributed by atoms with Gasteiger partial charge < -0.3 is 14.2 Å². The van der Waals surface area contributed by atoms with Crippen molar-refractivity contribution < 1.29 is 14.0 Å². The van der Waals surface area contributed by atoms with Crippen molar-refractivity contribution in [2.24, 2.45) is 0 Å². The molecular formula is C23H26N2O4. The fourth-order valence-corrected chi connectivity index (χ4v) is 4.69. The quantitative estimate of drug-likeness (QED) is 0.800. The maximum absolute atomic E-state index is 13.5. The van der Waals surface area contributed by atoms with E-state index in [1.54, 1.807) is 11.8 Å². The average Bonchev–Trinajstić information content (AvgIpc) is 3.13. The first-order valence-electron chi connectivity index (χ1n) is 10.3. The van der Waals surface area contributed by atoms with E-state index < -0.39 is 5.54 Å². The van der Waals surface area contributed by atoms with Gasteiger partial charge in [-0.05, 0) is 44.6 Å². The summed E-state index contributed by atoms with van der Waals surface area (Å²) in [7, 11) is 0. The zero-order chi connectivity index (χ0) is 20.4. The highest BCUT2D eigenvalue weighted by Crippen LogP contribution is 2.39. The number of hydrogen-bond acceptors (Lipinski definition) is 4. The minimum Gasteiger partial charge on any atom is -0.456 e. The zero-order valence-electron chi connectivity index (χ0n) is 16.7. The van der Waals surface area contributed by atoms with Gasteiger partial charge >= 0.3 is 0 Å². The number of carbonyl (C=O) groups excluding carboxylic acids is 2. The van der Waals surface area contributed by atoms with Crippen LogP contribution >= 0.6 is 0 Å². The summed E-state index contributed by atoms with van der Waals surface area (Å²) in [6, 6.07) is 12.7. The predicted octanol–water partition coefficient (Wildman–Crippen LogP) is 2.79. The molecule has 4 rings (SSSR count). The number of benzene rings is 1. The number of nitrogens with zero attached hydrogens (tertiary/aromatic N) is 2. The Morgan fingerprint density at radius 1 is 1.07 bits per heavy atom. The van der Waals surface area contributed by atoms with Crippen LogP contribution in [0.4, 0.5) is 0 Å². The van der Waals surface area contributed by atoms with Crippen molar-refractivity contribution >= 4 is 11.8 Å². The third-order valence-corrected chi connectivity index (χ3v) is 6.05. The van der Waals surface area contributed by atoms with Crippen LogP contribution in [0.5, 0.6) is 0 Å². The van der Waals surface area contributed by atoms with E-state index in [1.165, 1.54) is 17.7 Å². The van der Waals surface area contributed by atoms with Crippen molar-refractivity contribution in [3.05, 3.63) is 69.8 Å². The van der Waals surface area contributed by atoms with Crippen molar-refractivity contribution in [3.8, 4) is 0 Å². The lowest BCUT2D eigenvalue weighted by Crippen LogP contribution is -2.61. The average molecular weight is 394 g/mol. The topological polar surface area (TPSA) is 70.8 Å². The summed E-state index contributed by atoms with van der Waals surface area (Å²) < 4.78 is 5.52. The summed E-state index contributed by atoms with van der Waals surface area (Å²) in [5.41, 5.74) is 0.125. The van der Waals surface area contributed by atoms with Crippen LogP contribution in [-0.2, 0) is 11.2 Å². The highest BCUT2D eigenvalue weighted by Gasteiger charge is 2.53. The maximum Gasteiger partial charge on any atom is 0.290 e. The number of hydrogen-bond donors (Lipinski definition) is 0. The summed E-state index contributed by atoms with van der Waals surface area (Å²) in [6.07, 6.45) is 3.76. The largest absolute Gasteiger partial charge is 0.456 e. The van der Waals surface area contributed by atoms with Crippen molar-refractivity contribution in [2.75, 3.05) is 19.6 Å². The summed E-state index contributed by atoms with van der Waals surface area (Å²) in [5.74, 6) is 0.0844. The molecule has 1 spiro atoms. The molecule has 6 heteroatoms. The SMILES string of the molecule is Cc1cc(=O)cc(C(=O)N2CCCC23CCCN(CCc2ccccc2)C3=O)o1. The van der Waals surface area contributed by atoms with Crippen LogP contribution in [0.15, 0.2) is 51.7 Å². The Labute approximate surface area is 170 Å². The third-order valence-electron chi connectivity index (χ3n) is 6.05. The molecule has 3 heterocycles. The van der Waals surface area contributed by atoms with Crippen molar-refractivity contribution in [3.63, 3.8) is 0 Å².